The molecular formula is C12H24N2O2. The van der Waals surface area contributed by atoms with E-state index in [1.807, 2.05) is 18.7 Å². The molecule has 1 saturated heterocycles. The van der Waals surface area contributed by atoms with E-state index in [1.165, 1.54) is 0 Å². The van der Waals surface area contributed by atoms with Crippen LogP contribution in [0.3, 0.4) is 0 Å². The average molecular weight is 228 g/mol. The molecule has 1 unspecified atom stereocenters. The number of morpholine rings is 1. The molecule has 4 heteroatoms. The SMILES string of the molecule is CCC1CN(C(=O)CCC(C)(C)N)CCO1. The van der Waals surface area contributed by atoms with E-state index in [0.29, 0.717) is 13.0 Å². The number of amides is 1. The van der Waals surface area contributed by atoms with Crippen LogP contribution in [0.25, 0.3) is 0 Å². The highest BCUT2D eigenvalue weighted by Crippen LogP contribution is 2.13. The molecule has 4 nitrogen and oxygen atoms in total. The Hall–Kier alpha value is -0.610. The summed E-state index contributed by atoms with van der Waals surface area (Å²) in [5.41, 5.74) is 5.61. The van der Waals surface area contributed by atoms with Gasteiger partial charge >= 0.3 is 0 Å². The second-order valence-corrected chi connectivity index (χ2v) is 5.23. The highest BCUT2D eigenvalue weighted by Gasteiger charge is 2.24. The highest BCUT2D eigenvalue weighted by atomic mass is 16.5. The van der Waals surface area contributed by atoms with E-state index in [1.54, 1.807) is 0 Å². The summed E-state index contributed by atoms with van der Waals surface area (Å²) in [6.45, 7) is 8.11. The Labute approximate surface area is 98.1 Å². The molecule has 0 aromatic rings. The molecule has 94 valence electrons. The number of carbonyl (C=O) groups is 1. The number of hydrogen-bond acceptors (Lipinski definition) is 3. The summed E-state index contributed by atoms with van der Waals surface area (Å²) < 4.78 is 5.53. The van der Waals surface area contributed by atoms with Crippen LogP contribution in [0.15, 0.2) is 0 Å². The molecule has 1 heterocycles. The van der Waals surface area contributed by atoms with Crippen molar-refractivity contribution in [2.45, 2.75) is 51.7 Å². The topological polar surface area (TPSA) is 55.6 Å². The summed E-state index contributed by atoms with van der Waals surface area (Å²) in [4.78, 5) is 13.8. The normalized spacial score (nSPS) is 22.2. The number of carbonyl (C=O) groups excluding carboxylic acids is 1. The molecule has 0 saturated carbocycles. The van der Waals surface area contributed by atoms with Gasteiger partial charge in [0.1, 0.15) is 0 Å². The third kappa shape index (κ3) is 4.49. The predicted octanol–water partition coefficient (Wildman–Crippen LogP) is 1.14. The van der Waals surface area contributed by atoms with Gasteiger partial charge < -0.3 is 15.4 Å². The maximum atomic E-state index is 11.9. The van der Waals surface area contributed by atoms with Crippen LogP contribution in [-0.4, -0.2) is 42.1 Å². The first-order valence-electron chi connectivity index (χ1n) is 6.10. The van der Waals surface area contributed by atoms with Crippen LogP contribution in [0, 0.1) is 0 Å². The van der Waals surface area contributed by atoms with Crippen LogP contribution in [0.4, 0.5) is 0 Å². The average Bonchev–Trinajstić information content (AvgIpc) is 2.25. The molecule has 0 radical (unpaired) electrons. The van der Waals surface area contributed by atoms with Crippen molar-refractivity contribution >= 4 is 5.91 Å². The van der Waals surface area contributed by atoms with Crippen molar-refractivity contribution in [3.05, 3.63) is 0 Å². The first-order chi connectivity index (χ1) is 7.42. The largest absolute Gasteiger partial charge is 0.375 e. The fourth-order valence-electron chi connectivity index (χ4n) is 1.78. The first kappa shape index (κ1) is 13.5. The molecule has 1 amide bonds. The quantitative estimate of drug-likeness (QED) is 0.785. The summed E-state index contributed by atoms with van der Waals surface area (Å²) in [5.74, 6) is 0.209. The van der Waals surface area contributed by atoms with Gasteiger partial charge in [0.15, 0.2) is 0 Å². The van der Waals surface area contributed by atoms with Gasteiger partial charge in [0.25, 0.3) is 0 Å². The lowest BCUT2D eigenvalue weighted by molar-refractivity contribution is -0.139. The first-order valence-corrected chi connectivity index (χ1v) is 6.10. The van der Waals surface area contributed by atoms with Gasteiger partial charge in [-0.05, 0) is 26.7 Å². The Morgan fingerprint density at radius 2 is 2.25 bits per heavy atom. The van der Waals surface area contributed by atoms with Crippen molar-refractivity contribution < 1.29 is 9.53 Å². The van der Waals surface area contributed by atoms with Crippen molar-refractivity contribution in [3.63, 3.8) is 0 Å². The van der Waals surface area contributed by atoms with E-state index >= 15 is 0 Å². The lowest BCUT2D eigenvalue weighted by Gasteiger charge is -2.33. The molecule has 16 heavy (non-hydrogen) atoms. The van der Waals surface area contributed by atoms with Crippen LogP contribution in [0.2, 0.25) is 0 Å². The Balaban J connectivity index is 2.36. The summed E-state index contributed by atoms with van der Waals surface area (Å²) in [6, 6.07) is 0. The van der Waals surface area contributed by atoms with Crippen LogP contribution < -0.4 is 5.73 Å². The maximum Gasteiger partial charge on any atom is 0.222 e. The predicted molar refractivity (Wildman–Crippen MR) is 64.1 cm³/mol. The number of nitrogens with zero attached hydrogens (tertiary/aromatic N) is 1. The van der Waals surface area contributed by atoms with E-state index in [-0.39, 0.29) is 17.6 Å². The second kappa shape index (κ2) is 5.64. The van der Waals surface area contributed by atoms with Crippen LogP contribution >= 0.6 is 0 Å². The smallest absolute Gasteiger partial charge is 0.222 e. The number of ether oxygens (including phenoxy) is 1. The molecular weight excluding hydrogens is 204 g/mol. The summed E-state index contributed by atoms with van der Waals surface area (Å²) in [5, 5.41) is 0. The lowest BCUT2D eigenvalue weighted by atomic mass is 9.99. The van der Waals surface area contributed by atoms with E-state index < -0.39 is 0 Å². The Morgan fingerprint density at radius 3 is 2.81 bits per heavy atom. The third-order valence-electron chi connectivity index (χ3n) is 2.93. The number of nitrogens with two attached hydrogens (primary N) is 1. The summed E-state index contributed by atoms with van der Waals surface area (Å²) in [6.07, 6.45) is 2.45. The molecule has 1 atom stereocenters. The third-order valence-corrected chi connectivity index (χ3v) is 2.93. The monoisotopic (exact) mass is 228 g/mol. The zero-order valence-corrected chi connectivity index (χ0v) is 10.7. The van der Waals surface area contributed by atoms with Gasteiger partial charge in [-0.3, -0.25) is 4.79 Å². The zero-order valence-electron chi connectivity index (χ0n) is 10.7. The zero-order chi connectivity index (χ0) is 12.2. The van der Waals surface area contributed by atoms with E-state index in [0.717, 1.165) is 25.9 Å². The number of rotatable bonds is 4. The van der Waals surface area contributed by atoms with E-state index in [9.17, 15) is 4.79 Å². The van der Waals surface area contributed by atoms with Gasteiger partial charge in [0.05, 0.1) is 12.7 Å². The molecule has 0 aliphatic carbocycles. The second-order valence-electron chi connectivity index (χ2n) is 5.23. The Kier molecular flexibility index (Phi) is 4.74. The minimum Gasteiger partial charge on any atom is -0.375 e. The van der Waals surface area contributed by atoms with Gasteiger partial charge in [0, 0.05) is 25.0 Å². The van der Waals surface area contributed by atoms with Crippen LogP contribution in [-0.2, 0) is 9.53 Å². The molecule has 1 aliphatic heterocycles. The van der Waals surface area contributed by atoms with Gasteiger partial charge in [0.2, 0.25) is 5.91 Å². The van der Waals surface area contributed by atoms with Gasteiger partial charge in [-0.25, -0.2) is 0 Å². The maximum absolute atomic E-state index is 11.9. The highest BCUT2D eigenvalue weighted by molar-refractivity contribution is 5.76. The molecule has 1 aliphatic rings. The van der Waals surface area contributed by atoms with E-state index in [2.05, 4.69) is 6.92 Å². The fraction of sp³-hybridized carbons (Fsp3) is 0.917. The molecule has 0 bridgehead atoms. The Morgan fingerprint density at radius 1 is 1.56 bits per heavy atom. The molecule has 1 rings (SSSR count). The lowest BCUT2D eigenvalue weighted by Crippen LogP contribution is -2.46. The molecule has 0 spiro atoms. The van der Waals surface area contributed by atoms with Crippen LogP contribution in [0.1, 0.15) is 40.0 Å². The molecule has 1 fully saturated rings. The van der Waals surface area contributed by atoms with E-state index in [4.69, 9.17) is 10.5 Å². The van der Waals surface area contributed by atoms with Crippen molar-refractivity contribution in [1.82, 2.24) is 4.90 Å². The standard InChI is InChI=1S/C12H24N2O2/c1-4-10-9-14(7-8-16-10)11(15)5-6-12(2,3)13/h10H,4-9,13H2,1-3H3. The summed E-state index contributed by atoms with van der Waals surface area (Å²) >= 11 is 0. The van der Waals surface area contributed by atoms with Crippen molar-refractivity contribution in [3.8, 4) is 0 Å². The van der Waals surface area contributed by atoms with Crippen molar-refractivity contribution in [2.75, 3.05) is 19.7 Å². The van der Waals surface area contributed by atoms with Gasteiger partial charge in [-0.15, -0.1) is 0 Å². The minimum atomic E-state index is -0.258. The molecule has 0 aromatic heterocycles. The van der Waals surface area contributed by atoms with Crippen LogP contribution in [0.5, 0.6) is 0 Å². The minimum absolute atomic E-state index is 0.209. The molecule has 2 N–H and O–H groups in total. The van der Waals surface area contributed by atoms with Gasteiger partial charge in [-0.2, -0.15) is 0 Å². The van der Waals surface area contributed by atoms with Gasteiger partial charge in [-0.1, -0.05) is 6.92 Å². The fourth-order valence-corrected chi connectivity index (χ4v) is 1.78. The van der Waals surface area contributed by atoms with Crippen molar-refractivity contribution in [2.24, 2.45) is 5.73 Å². The Bertz CT molecular complexity index is 236. The van der Waals surface area contributed by atoms with Crippen molar-refractivity contribution in [1.29, 1.82) is 0 Å². The summed E-state index contributed by atoms with van der Waals surface area (Å²) in [7, 11) is 0. The molecule has 0 aromatic carbocycles. The number of hydrogen-bond donors (Lipinski definition) is 1.